The highest BCUT2D eigenvalue weighted by Crippen LogP contribution is 2.38. The van der Waals surface area contributed by atoms with Crippen LogP contribution in [0.15, 0.2) is 12.1 Å². The summed E-state index contributed by atoms with van der Waals surface area (Å²) in [5.41, 5.74) is 9.54. The van der Waals surface area contributed by atoms with Gasteiger partial charge in [0.1, 0.15) is 0 Å². The summed E-state index contributed by atoms with van der Waals surface area (Å²) in [6, 6.07) is 3.81. The summed E-state index contributed by atoms with van der Waals surface area (Å²) >= 11 is 12.2. The van der Waals surface area contributed by atoms with Gasteiger partial charge in [-0.1, -0.05) is 23.2 Å². The first-order valence-electron chi connectivity index (χ1n) is 5.42. The number of nitrogens with one attached hydrogen (secondary N) is 1. The third-order valence-corrected chi connectivity index (χ3v) is 3.78. The first-order chi connectivity index (χ1) is 7.66. The number of fused-ring (bicyclic) bond motifs is 3. The second-order valence-electron chi connectivity index (χ2n) is 4.33. The van der Waals surface area contributed by atoms with Crippen molar-refractivity contribution in [3.05, 3.63) is 33.4 Å². The normalized spacial score (nSPS) is 20.1. The van der Waals surface area contributed by atoms with Crippen LogP contribution >= 0.6 is 23.2 Å². The van der Waals surface area contributed by atoms with E-state index in [0.29, 0.717) is 10.0 Å². The fraction of sp³-hybridized carbons (Fsp3) is 0.333. The van der Waals surface area contributed by atoms with E-state index in [1.165, 1.54) is 11.3 Å². The largest absolute Gasteiger partial charge is 0.357 e. The number of hydrogen-bond donors (Lipinski definition) is 2. The van der Waals surface area contributed by atoms with Crippen LogP contribution in [0.4, 0.5) is 0 Å². The molecule has 84 valence electrons. The van der Waals surface area contributed by atoms with E-state index in [1.54, 1.807) is 6.07 Å². The molecule has 0 bridgehead atoms. The lowest BCUT2D eigenvalue weighted by Crippen LogP contribution is -2.16. The number of nitrogens with two attached hydrogens (primary N) is 1. The zero-order valence-corrected chi connectivity index (χ0v) is 10.2. The van der Waals surface area contributed by atoms with Gasteiger partial charge in [0.05, 0.1) is 10.5 Å². The predicted octanol–water partition coefficient (Wildman–Crippen LogP) is 3.81. The maximum Gasteiger partial charge on any atom is 0.0662 e. The molecule has 0 fully saturated rings. The number of H-pyrrole nitrogens is 1. The van der Waals surface area contributed by atoms with Crippen LogP contribution in [0.25, 0.3) is 10.9 Å². The lowest BCUT2D eigenvalue weighted by molar-refractivity contribution is 0.569. The molecule has 1 aromatic carbocycles. The topological polar surface area (TPSA) is 41.8 Å². The Balaban J connectivity index is 2.38. The van der Waals surface area contributed by atoms with Crippen molar-refractivity contribution < 1.29 is 0 Å². The molecule has 0 amide bonds. The number of halogens is 2. The second kappa shape index (κ2) is 3.66. The van der Waals surface area contributed by atoms with Crippen molar-refractivity contribution in [2.45, 2.75) is 25.3 Å². The minimum atomic E-state index is 0.104. The first kappa shape index (κ1) is 10.5. The van der Waals surface area contributed by atoms with E-state index in [1.807, 2.05) is 6.07 Å². The second-order valence-corrected chi connectivity index (χ2v) is 5.17. The van der Waals surface area contributed by atoms with Crippen molar-refractivity contribution in [2.75, 3.05) is 0 Å². The molecule has 0 radical (unpaired) electrons. The smallest absolute Gasteiger partial charge is 0.0662 e. The number of aromatic amines is 1. The summed E-state index contributed by atoms with van der Waals surface area (Å²) in [5, 5.41) is 2.42. The average Bonchev–Trinajstić information content (AvgIpc) is 2.58. The molecule has 1 heterocycles. The molecule has 2 nitrogen and oxygen atoms in total. The molecule has 3 rings (SSSR count). The maximum atomic E-state index is 6.17. The number of aryl methyl sites for hydroxylation is 1. The summed E-state index contributed by atoms with van der Waals surface area (Å²) in [4.78, 5) is 3.37. The van der Waals surface area contributed by atoms with E-state index in [2.05, 4.69) is 4.98 Å². The van der Waals surface area contributed by atoms with Gasteiger partial charge in [0.2, 0.25) is 0 Å². The molecular formula is C12H12Cl2N2. The number of benzene rings is 1. The van der Waals surface area contributed by atoms with Crippen molar-refractivity contribution in [1.82, 2.24) is 4.98 Å². The SMILES string of the molecule is NC1CCCc2[nH]c3c(Cl)cc(Cl)cc3c21. The van der Waals surface area contributed by atoms with E-state index in [-0.39, 0.29) is 6.04 Å². The molecule has 0 saturated carbocycles. The maximum absolute atomic E-state index is 6.17. The lowest BCUT2D eigenvalue weighted by Gasteiger charge is -2.18. The van der Waals surface area contributed by atoms with E-state index in [9.17, 15) is 0 Å². The Morgan fingerprint density at radius 3 is 2.94 bits per heavy atom. The van der Waals surface area contributed by atoms with Gasteiger partial charge in [0.15, 0.2) is 0 Å². The molecule has 0 spiro atoms. The van der Waals surface area contributed by atoms with Crippen LogP contribution in [0.5, 0.6) is 0 Å². The highest BCUT2D eigenvalue weighted by molar-refractivity contribution is 6.38. The van der Waals surface area contributed by atoms with Crippen LogP contribution in [0.2, 0.25) is 10.0 Å². The van der Waals surface area contributed by atoms with Crippen molar-refractivity contribution in [3.8, 4) is 0 Å². The third-order valence-electron chi connectivity index (χ3n) is 3.26. The van der Waals surface area contributed by atoms with E-state index in [0.717, 1.165) is 30.2 Å². The molecule has 0 aliphatic heterocycles. The van der Waals surface area contributed by atoms with Gasteiger partial charge >= 0.3 is 0 Å². The summed E-state index contributed by atoms with van der Waals surface area (Å²) in [6.07, 6.45) is 3.21. The van der Waals surface area contributed by atoms with Gasteiger partial charge in [0.25, 0.3) is 0 Å². The number of rotatable bonds is 0. The Labute approximate surface area is 104 Å². The lowest BCUT2D eigenvalue weighted by atomic mass is 9.91. The molecule has 1 atom stereocenters. The van der Waals surface area contributed by atoms with Gasteiger partial charge in [0, 0.05) is 22.1 Å². The third kappa shape index (κ3) is 1.45. The quantitative estimate of drug-likeness (QED) is 0.738. The molecule has 1 unspecified atom stereocenters. The van der Waals surface area contributed by atoms with Crippen LogP contribution in [-0.4, -0.2) is 4.98 Å². The zero-order chi connectivity index (χ0) is 11.3. The molecule has 1 aliphatic rings. The average molecular weight is 255 g/mol. The molecular weight excluding hydrogens is 243 g/mol. The van der Waals surface area contributed by atoms with Gasteiger partial charge in [-0.3, -0.25) is 0 Å². The zero-order valence-electron chi connectivity index (χ0n) is 8.69. The van der Waals surface area contributed by atoms with Crippen molar-refractivity contribution >= 4 is 34.1 Å². The minimum absolute atomic E-state index is 0.104. The molecule has 1 aliphatic carbocycles. The molecule has 3 N–H and O–H groups in total. The molecule has 2 aromatic rings. The van der Waals surface area contributed by atoms with Crippen LogP contribution in [0, 0.1) is 0 Å². The van der Waals surface area contributed by atoms with E-state index >= 15 is 0 Å². The minimum Gasteiger partial charge on any atom is -0.357 e. The Morgan fingerprint density at radius 2 is 2.12 bits per heavy atom. The van der Waals surface area contributed by atoms with Gasteiger partial charge in [-0.05, 0) is 37.0 Å². The van der Waals surface area contributed by atoms with Crippen molar-refractivity contribution in [3.63, 3.8) is 0 Å². The number of aromatic nitrogens is 1. The van der Waals surface area contributed by atoms with Crippen LogP contribution in [0.1, 0.15) is 30.1 Å². The van der Waals surface area contributed by atoms with E-state index in [4.69, 9.17) is 28.9 Å². The fourth-order valence-electron chi connectivity index (χ4n) is 2.56. The summed E-state index contributed by atoms with van der Waals surface area (Å²) in [6.45, 7) is 0. The first-order valence-corrected chi connectivity index (χ1v) is 6.17. The standard InChI is InChI=1S/C12H12Cl2N2/c13-6-4-7-11-9(15)2-1-3-10(11)16-12(7)8(14)5-6/h4-5,9,16H,1-3,15H2. The van der Waals surface area contributed by atoms with Crippen LogP contribution < -0.4 is 5.73 Å². The van der Waals surface area contributed by atoms with Crippen molar-refractivity contribution in [2.24, 2.45) is 5.73 Å². The highest BCUT2D eigenvalue weighted by Gasteiger charge is 2.22. The van der Waals surface area contributed by atoms with Crippen LogP contribution in [-0.2, 0) is 6.42 Å². The Kier molecular flexibility index (Phi) is 2.39. The monoisotopic (exact) mass is 254 g/mol. The Bertz CT molecular complexity index is 560. The fourth-order valence-corrected chi connectivity index (χ4v) is 3.10. The Hall–Kier alpha value is -0.700. The van der Waals surface area contributed by atoms with Gasteiger partial charge in [-0.15, -0.1) is 0 Å². The summed E-state index contributed by atoms with van der Waals surface area (Å²) in [7, 11) is 0. The summed E-state index contributed by atoms with van der Waals surface area (Å²) in [5.74, 6) is 0. The van der Waals surface area contributed by atoms with Gasteiger partial charge in [-0.25, -0.2) is 0 Å². The van der Waals surface area contributed by atoms with Gasteiger partial charge in [-0.2, -0.15) is 0 Å². The molecule has 4 heteroatoms. The Morgan fingerprint density at radius 1 is 1.31 bits per heavy atom. The van der Waals surface area contributed by atoms with Gasteiger partial charge < -0.3 is 10.7 Å². The van der Waals surface area contributed by atoms with Crippen molar-refractivity contribution in [1.29, 1.82) is 0 Å². The molecule has 16 heavy (non-hydrogen) atoms. The molecule has 1 aromatic heterocycles. The summed E-state index contributed by atoms with van der Waals surface area (Å²) < 4.78 is 0. The highest BCUT2D eigenvalue weighted by atomic mass is 35.5. The predicted molar refractivity (Wildman–Crippen MR) is 68.2 cm³/mol. The molecule has 0 saturated heterocycles. The number of hydrogen-bond acceptors (Lipinski definition) is 1. The van der Waals surface area contributed by atoms with E-state index < -0.39 is 0 Å². The van der Waals surface area contributed by atoms with Crippen LogP contribution in [0.3, 0.4) is 0 Å².